The Kier molecular flexibility index (Phi) is 4.92. The molecule has 1 aliphatic carbocycles. The Morgan fingerprint density at radius 2 is 1.58 bits per heavy atom. The molecule has 3 unspecified atom stereocenters. The van der Waals surface area contributed by atoms with Crippen molar-refractivity contribution in [1.82, 2.24) is 0 Å². The van der Waals surface area contributed by atoms with E-state index in [2.05, 4.69) is 6.07 Å². The summed E-state index contributed by atoms with van der Waals surface area (Å²) in [6.07, 6.45) is 0. The predicted octanol–water partition coefficient (Wildman–Crippen LogP) is 3.79. The molecule has 0 spiro atoms. The molecule has 26 heavy (non-hydrogen) atoms. The molecule has 136 valence electrons. The van der Waals surface area contributed by atoms with E-state index < -0.39 is 20.5 Å². The Bertz CT molecular complexity index is 927. The van der Waals surface area contributed by atoms with Crippen molar-refractivity contribution in [3.05, 3.63) is 65.2 Å². The lowest BCUT2D eigenvalue weighted by Gasteiger charge is -2.10. The number of nitrogens with zero attached hydrogens (tertiary/aromatic N) is 1. The molecule has 3 rings (SSSR count). The van der Waals surface area contributed by atoms with E-state index in [1.54, 1.807) is 24.3 Å². The van der Waals surface area contributed by atoms with Crippen LogP contribution in [0.15, 0.2) is 53.4 Å². The van der Waals surface area contributed by atoms with Crippen LogP contribution in [0.2, 0.25) is 0 Å². The standard InChI is InChI=1S/C21H23NO3S/c1-4-25-14-21(13-22)19(17-9-5-15(2)6-10-17)20(21)26(23,24)18-11-7-16(3)8-12-18/h5-12,19-20H,4,14H2,1-3H3. The molecule has 5 heteroatoms. The van der Waals surface area contributed by atoms with Gasteiger partial charge in [-0.1, -0.05) is 47.5 Å². The highest BCUT2D eigenvalue weighted by molar-refractivity contribution is 7.92. The number of ether oxygens (including phenoxy) is 1. The lowest BCUT2D eigenvalue weighted by atomic mass is 10.0. The van der Waals surface area contributed by atoms with Crippen LogP contribution in [0.3, 0.4) is 0 Å². The minimum absolute atomic E-state index is 0.119. The number of rotatable bonds is 6. The summed E-state index contributed by atoms with van der Waals surface area (Å²) in [6.45, 7) is 6.31. The van der Waals surface area contributed by atoms with Gasteiger partial charge in [-0.05, 0) is 38.5 Å². The molecule has 0 N–H and O–H groups in total. The second kappa shape index (κ2) is 6.86. The first-order chi connectivity index (χ1) is 12.4. The van der Waals surface area contributed by atoms with Crippen molar-refractivity contribution >= 4 is 9.84 Å². The quantitative estimate of drug-likeness (QED) is 0.777. The van der Waals surface area contributed by atoms with Gasteiger partial charge in [-0.3, -0.25) is 0 Å². The second-order valence-electron chi connectivity index (χ2n) is 6.96. The van der Waals surface area contributed by atoms with Gasteiger partial charge < -0.3 is 4.74 Å². The van der Waals surface area contributed by atoms with E-state index in [9.17, 15) is 13.7 Å². The molecular formula is C21H23NO3S. The van der Waals surface area contributed by atoms with Gasteiger partial charge in [-0.2, -0.15) is 5.26 Å². The third kappa shape index (κ3) is 3.04. The summed E-state index contributed by atoms with van der Waals surface area (Å²) in [5.41, 5.74) is 1.92. The molecule has 1 aliphatic rings. The van der Waals surface area contributed by atoms with E-state index in [0.717, 1.165) is 16.7 Å². The maximum absolute atomic E-state index is 13.3. The van der Waals surface area contributed by atoms with Crippen LogP contribution in [-0.2, 0) is 14.6 Å². The largest absolute Gasteiger partial charge is 0.380 e. The molecule has 0 radical (unpaired) electrons. The van der Waals surface area contributed by atoms with Gasteiger partial charge in [0.25, 0.3) is 0 Å². The van der Waals surface area contributed by atoms with E-state index in [1.807, 2.05) is 45.0 Å². The third-order valence-electron chi connectivity index (χ3n) is 5.13. The van der Waals surface area contributed by atoms with Crippen LogP contribution in [0.1, 0.15) is 29.5 Å². The summed E-state index contributed by atoms with van der Waals surface area (Å²) in [5.74, 6) is -0.383. The SMILES string of the molecule is CCOCC1(C#N)C(c2ccc(C)cc2)C1S(=O)(=O)c1ccc(C)cc1. The van der Waals surface area contributed by atoms with Crippen LogP contribution in [-0.4, -0.2) is 26.9 Å². The molecule has 4 nitrogen and oxygen atoms in total. The molecule has 0 heterocycles. The number of nitriles is 1. The van der Waals surface area contributed by atoms with E-state index in [0.29, 0.717) is 6.61 Å². The highest BCUT2D eigenvalue weighted by Gasteiger charge is 2.72. The van der Waals surface area contributed by atoms with Crippen LogP contribution in [0.25, 0.3) is 0 Å². The van der Waals surface area contributed by atoms with Gasteiger partial charge >= 0.3 is 0 Å². The Morgan fingerprint density at radius 1 is 1.04 bits per heavy atom. The van der Waals surface area contributed by atoms with Crippen molar-refractivity contribution in [1.29, 1.82) is 5.26 Å². The lowest BCUT2D eigenvalue weighted by Crippen LogP contribution is -2.19. The van der Waals surface area contributed by atoms with E-state index in [4.69, 9.17) is 4.74 Å². The van der Waals surface area contributed by atoms with Gasteiger partial charge in [-0.25, -0.2) is 8.42 Å². The van der Waals surface area contributed by atoms with Gasteiger partial charge in [0.1, 0.15) is 5.41 Å². The Morgan fingerprint density at radius 3 is 2.08 bits per heavy atom. The highest BCUT2D eigenvalue weighted by Crippen LogP contribution is 2.63. The highest BCUT2D eigenvalue weighted by atomic mass is 32.2. The van der Waals surface area contributed by atoms with Crippen LogP contribution in [0.5, 0.6) is 0 Å². The maximum atomic E-state index is 13.3. The molecule has 0 amide bonds. The van der Waals surface area contributed by atoms with Gasteiger partial charge in [-0.15, -0.1) is 0 Å². The van der Waals surface area contributed by atoms with Crippen molar-refractivity contribution in [2.24, 2.45) is 5.41 Å². The number of benzene rings is 2. The molecule has 0 bridgehead atoms. The van der Waals surface area contributed by atoms with E-state index in [-0.39, 0.29) is 17.4 Å². The van der Waals surface area contributed by atoms with Crippen LogP contribution >= 0.6 is 0 Å². The van der Waals surface area contributed by atoms with Gasteiger partial charge in [0.15, 0.2) is 9.84 Å². The summed E-state index contributed by atoms with van der Waals surface area (Å²) >= 11 is 0. The van der Waals surface area contributed by atoms with Crippen LogP contribution in [0.4, 0.5) is 0 Å². The molecule has 1 saturated carbocycles. The summed E-state index contributed by atoms with van der Waals surface area (Å²) in [5, 5.41) is 9.11. The monoisotopic (exact) mass is 369 g/mol. The maximum Gasteiger partial charge on any atom is 0.183 e. The zero-order valence-corrected chi connectivity index (χ0v) is 16.1. The molecular weight excluding hydrogens is 346 g/mol. The summed E-state index contributed by atoms with van der Waals surface area (Å²) in [6, 6.07) is 16.8. The Balaban J connectivity index is 2.05. The first-order valence-electron chi connectivity index (χ1n) is 8.73. The first-order valence-corrected chi connectivity index (χ1v) is 10.3. The van der Waals surface area contributed by atoms with E-state index in [1.165, 1.54) is 0 Å². The van der Waals surface area contributed by atoms with Crippen molar-refractivity contribution in [2.75, 3.05) is 13.2 Å². The number of aryl methyl sites for hydroxylation is 2. The number of hydrogen-bond donors (Lipinski definition) is 0. The molecule has 0 aliphatic heterocycles. The van der Waals surface area contributed by atoms with Crippen molar-refractivity contribution in [2.45, 2.75) is 36.8 Å². The zero-order chi connectivity index (χ0) is 18.9. The first kappa shape index (κ1) is 18.6. The smallest absolute Gasteiger partial charge is 0.183 e. The van der Waals surface area contributed by atoms with Crippen molar-refractivity contribution < 1.29 is 13.2 Å². The second-order valence-corrected chi connectivity index (χ2v) is 9.03. The summed E-state index contributed by atoms with van der Waals surface area (Å²) in [7, 11) is -3.64. The fourth-order valence-electron chi connectivity index (χ4n) is 3.59. The molecule has 0 saturated heterocycles. The zero-order valence-electron chi connectivity index (χ0n) is 15.3. The number of hydrogen-bond acceptors (Lipinski definition) is 4. The Hall–Kier alpha value is -2.16. The van der Waals surface area contributed by atoms with E-state index >= 15 is 0 Å². The lowest BCUT2D eigenvalue weighted by molar-refractivity contribution is 0.117. The van der Waals surface area contributed by atoms with Gasteiger partial charge in [0.2, 0.25) is 0 Å². The topological polar surface area (TPSA) is 67.2 Å². The van der Waals surface area contributed by atoms with Gasteiger partial charge in [0.05, 0.1) is 22.8 Å². The molecule has 1 fully saturated rings. The molecule has 3 atom stereocenters. The normalized spacial score (nSPS) is 24.8. The summed E-state index contributed by atoms with van der Waals surface area (Å²) < 4.78 is 32.1. The molecule has 0 aromatic heterocycles. The Labute approximate surface area is 155 Å². The average molecular weight is 369 g/mol. The van der Waals surface area contributed by atoms with Crippen LogP contribution in [0, 0.1) is 30.6 Å². The predicted molar refractivity (Wildman–Crippen MR) is 101 cm³/mol. The van der Waals surface area contributed by atoms with Gasteiger partial charge in [0, 0.05) is 12.5 Å². The average Bonchev–Trinajstić information content (AvgIpc) is 3.31. The number of sulfone groups is 1. The minimum atomic E-state index is -3.64. The third-order valence-corrected chi connectivity index (χ3v) is 7.42. The van der Waals surface area contributed by atoms with Crippen LogP contribution < -0.4 is 0 Å². The fourth-order valence-corrected chi connectivity index (χ4v) is 5.90. The molecule has 2 aromatic rings. The summed E-state index contributed by atoms with van der Waals surface area (Å²) in [4.78, 5) is 0.263. The minimum Gasteiger partial charge on any atom is -0.380 e. The van der Waals surface area contributed by atoms with Crippen molar-refractivity contribution in [3.8, 4) is 6.07 Å². The fraction of sp³-hybridized carbons (Fsp3) is 0.381. The molecule has 2 aromatic carbocycles. The van der Waals surface area contributed by atoms with Crippen molar-refractivity contribution in [3.63, 3.8) is 0 Å².